The summed E-state index contributed by atoms with van der Waals surface area (Å²) in [4.78, 5) is 24.4. The maximum Gasteiger partial charge on any atom is 0.336 e. The molecule has 0 bridgehead atoms. The topological polar surface area (TPSA) is 77.0 Å². The molecule has 0 spiro atoms. The molecule has 0 aliphatic heterocycles. The number of benzene rings is 3. The van der Waals surface area contributed by atoms with Gasteiger partial charge in [-0.25, -0.2) is 10.2 Å². The van der Waals surface area contributed by atoms with Crippen LogP contribution in [0.1, 0.15) is 21.5 Å². The van der Waals surface area contributed by atoms with E-state index < -0.39 is 5.97 Å². The lowest BCUT2D eigenvalue weighted by Crippen LogP contribution is -2.17. The summed E-state index contributed by atoms with van der Waals surface area (Å²) in [7, 11) is 1.55. The van der Waals surface area contributed by atoms with Crippen molar-refractivity contribution in [3.05, 3.63) is 100 Å². The van der Waals surface area contributed by atoms with Crippen molar-refractivity contribution < 1.29 is 19.1 Å². The molecule has 0 aliphatic rings. The molecular formula is C24H19BrN2O4. The van der Waals surface area contributed by atoms with E-state index in [2.05, 4.69) is 26.5 Å². The first-order chi connectivity index (χ1) is 15.0. The molecular weight excluding hydrogens is 460 g/mol. The van der Waals surface area contributed by atoms with E-state index >= 15 is 0 Å². The number of hydrogen-bond donors (Lipinski definition) is 1. The lowest BCUT2D eigenvalue weighted by atomic mass is 10.2. The lowest BCUT2D eigenvalue weighted by molar-refractivity contribution is -0.128. The van der Waals surface area contributed by atoms with Gasteiger partial charge < -0.3 is 9.47 Å². The van der Waals surface area contributed by atoms with Crippen molar-refractivity contribution >= 4 is 40.1 Å². The van der Waals surface area contributed by atoms with Crippen molar-refractivity contribution in [2.75, 3.05) is 7.11 Å². The van der Waals surface area contributed by atoms with Crippen LogP contribution >= 0.6 is 15.9 Å². The fourth-order valence-corrected chi connectivity index (χ4v) is 2.93. The van der Waals surface area contributed by atoms with Crippen LogP contribution in [0.4, 0.5) is 0 Å². The molecule has 0 aliphatic carbocycles. The second-order valence-corrected chi connectivity index (χ2v) is 7.19. The maximum atomic E-state index is 12.2. The number of halogens is 1. The van der Waals surface area contributed by atoms with Crippen molar-refractivity contribution in [1.29, 1.82) is 0 Å². The van der Waals surface area contributed by atoms with E-state index in [9.17, 15) is 9.59 Å². The Balaban J connectivity index is 1.66. The zero-order valence-corrected chi connectivity index (χ0v) is 18.2. The number of hydrogen-bond acceptors (Lipinski definition) is 5. The van der Waals surface area contributed by atoms with E-state index in [1.54, 1.807) is 55.7 Å². The first-order valence-corrected chi connectivity index (χ1v) is 10.1. The van der Waals surface area contributed by atoms with Gasteiger partial charge >= 0.3 is 5.97 Å². The monoisotopic (exact) mass is 478 g/mol. The van der Waals surface area contributed by atoms with Crippen LogP contribution in [0.3, 0.4) is 0 Å². The van der Waals surface area contributed by atoms with Gasteiger partial charge in [-0.15, -0.1) is 0 Å². The molecule has 7 heteroatoms. The molecule has 156 valence electrons. The Hall–Kier alpha value is -3.71. The fraction of sp³-hybridized carbons (Fsp3) is 0.0417. The van der Waals surface area contributed by atoms with E-state index in [0.29, 0.717) is 22.6 Å². The number of methoxy groups -OCH3 is 1. The molecule has 3 aromatic carbocycles. The van der Waals surface area contributed by atoms with Crippen LogP contribution in [0.25, 0.3) is 6.08 Å². The molecule has 1 N–H and O–H groups in total. The zero-order valence-electron chi connectivity index (χ0n) is 16.6. The van der Waals surface area contributed by atoms with Gasteiger partial charge in [0.05, 0.1) is 13.3 Å². The SMILES string of the molecule is COc1ccc(C(=O)NN=Cc2cc(Br)ccc2OC(=O)C=Cc2ccccc2)cc1. The summed E-state index contributed by atoms with van der Waals surface area (Å²) in [5, 5.41) is 3.98. The Labute approximate surface area is 188 Å². The first kappa shape index (κ1) is 22.0. The van der Waals surface area contributed by atoms with Crippen molar-refractivity contribution in [3.8, 4) is 11.5 Å². The minimum absolute atomic E-state index is 0.313. The van der Waals surface area contributed by atoms with Crippen LogP contribution in [-0.2, 0) is 4.79 Å². The summed E-state index contributed by atoms with van der Waals surface area (Å²) in [5.74, 6) is 0.0663. The highest BCUT2D eigenvalue weighted by Gasteiger charge is 2.08. The second kappa shape index (κ2) is 10.9. The van der Waals surface area contributed by atoms with E-state index in [4.69, 9.17) is 9.47 Å². The summed E-state index contributed by atoms with van der Waals surface area (Å²) >= 11 is 3.38. The van der Waals surface area contributed by atoms with E-state index in [0.717, 1.165) is 10.0 Å². The number of carbonyl (C=O) groups excluding carboxylic acids is 2. The third-order valence-electron chi connectivity index (χ3n) is 4.12. The third kappa shape index (κ3) is 6.65. The Morgan fingerprint density at radius 1 is 1.00 bits per heavy atom. The van der Waals surface area contributed by atoms with Gasteiger partial charge in [0, 0.05) is 21.7 Å². The van der Waals surface area contributed by atoms with Crippen molar-refractivity contribution in [3.63, 3.8) is 0 Å². The van der Waals surface area contributed by atoms with Crippen molar-refractivity contribution in [1.82, 2.24) is 5.43 Å². The van der Waals surface area contributed by atoms with E-state index in [-0.39, 0.29) is 5.91 Å². The highest BCUT2D eigenvalue weighted by atomic mass is 79.9. The predicted octanol–water partition coefficient (Wildman–Crippen LogP) is 4.84. The highest BCUT2D eigenvalue weighted by molar-refractivity contribution is 9.10. The van der Waals surface area contributed by atoms with Crippen LogP contribution in [0.2, 0.25) is 0 Å². The number of hydrazone groups is 1. The molecule has 0 heterocycles. The number of amides is 1. The largest absolute Gasteiger partial charge is 0.497 e. The highest BCUT2D eigenvalue weighted by Crippen LogP contribution is 2.22. The number of rotatable bonds is 7. The van der Waals surface area contributed by atoms with Gasteiger partial charge in [0.15, 0.2) is 0 Å². The smallest absolute Gasteiger partial charge is 0.336 e. The average Bonchev–Trinajstić information content (AvgIpc) is 2.80. The first-order valence-electron chi connectivity index (χ1n) is 9.27. The van der Waals surface area contributed by atoms with Gasteiger partial charge in [-0.1, -0.05) is 46.3 Å². The fourth-order valence-electron chi connectivity index (χ4n) is 2.55. The number of nitrogens with one attached hydrogen (secondary N) is 1. The standard InChI is InChI=1S/C24H19BrN2O4/c1-30-21-11-8-18(9-12-21)24(29)27-26-16-19-15-20(25)10-13-22(19)31-23(28)14-7-17-5-3-2-4-6-17/h2-16H,1H3,(H,27,29). The Kier molecular flexibility index (Phi) is 7.73. The summed E-state index contributed by atoms with van der Waals surface area (Å²) in [6.07, 6.45) is 4.43. The number of carbonyl (C=O) groups is 2. The Morgan fingerprint density at radius 3 is 2.45 bits per heavy atom. The van der Waals surface area contributed by atoms with Gasteiger partial charge in [0.25, 0.3) is 5.91 Å². The molecule has 0 saturated heterocycles. The van der Waals surface area contributed by atoms with Crippen LogP contribution in [0.15, 0.2) is 88.4 Å². The molecule has 0 unspecified atom stereocenters. The molecule has 31 heavy (non-hydrogen) atoms. The number of esters is 1. The van der Waals surface area contributed by atoms with Crippen LogP contribution in [-0.4, -0.2) is 25.2 Å². The summed E-state index contributed by atoms with van der Waals surface area (Å²) in [5.41, 5.74) is 4.29. The molecule has 6 nitrogen and oxygen atoms in total. The predicted molar refractivity (Wildman–Crippen MR) is 123 cm³/mol. The van der Waals surface area contributed by atoms with Crippen molar-refractivity contribution in [2.45, 2.75) is 0 Å². The summed E-state index contributed by atoms with van der Waals surface area (Å²) in [6.45, 7) is 0. The normalized spacial score (nSPS) is 10.9. The number of nitrogens with zero attached hydrogens (tertiary/aromatic N) is 1. The third-order valence-corrected chi connectivity index (χ3v) is 4.61. The summed E-state index contributed by atoms with van der Waals surface area (Å²) < 4.78 is 11.3. The molecule has 3 rings (SSSR count). The average molecular weight is 479 g/mol. The molecule has 3 aromatic rings. The minimum Gasteiger partial charge on any atom is -0.497 e. The quantitative estimate of drug-likeness (QED) is 0.173. The van der Waals surface area contributed by atoms with Crippen LogP contribution in [0, 0.1) is 0 Å². The molecule has 1 amide bonds. The molecule has 0 aromatic heterocycles. The number of ether oxygens (including phenoxy) is 2. The summed E-state index contributed by atoms with van der Waals surface area (Å²) in [6, 6.07) is 21.2. The Morgan fingerprint density at radius 2 is 1.74 bits per heavy atom. The minimum atomic E-state index is -0.525. The van der Waals surface area contributed by atoms with Gasteiger partial charge in [-0.2, -0.15) is 5.10 Å². The van der Waals surface area contributed by atoms with Crippen LogP contribution in [0.5, 0.6) is 11.5 Å². The zero-order chi connectivity index (χ0) is 22.1. The Bertz CT molecular complexity index is 1110. The molecule has 0 radical (unpaired) electrons. The van der Waals surface area contributed by atoms with Crippen LogP contribution < -0.4 is 14.9 Å². The van der Waals surface area contributed by atoms with Gasteiger partial charge in [-0.3, -0.25) is 4.79 Å². The molecule has 0 atom stereocenters. The van der Waals surface area contributed by atoms with Gasteiger partial charge in [0.1, 0.15) is 11.5 Å². The van der Waals surface area contributed by atoms with Gasteiger partial charge in [-0.05, 0) is 54.1 Å². The van der Waals surface area contributed by atoms with Gasteiger partial charge in [0.2, 0.25) is 0 Å². The van der Waals surface area contributed by atoms with Crippen molar-refractivity contribution in [2.24, 2.45) is 5.10 Å². The molecule has 0 saturated carbocycles. The van der Waals surface area contributed by atoms with E-state index in [1.165, 1.54) is 12.3 Å². The maximum absolute atomic E-state index is 12.2. The lowest BCUT2D eigenvalue weighted by Gasteiger charge is -2.06. The second-order valence-electron chi connectivity index (χ2n) is 6.27. The van der Waals surface area contributed by atoms with E-state index in [1.807, 2.05) is 30.3 Å². The molecule has 0 fully saturated rings.